The molecule has 1 N–H and O–H groups in total. The van der Waals surface area contributed by atoms with E-state index in [2.05, 4.69) is 10.3 Å². The molecule has 1 aromatic heterocycles. The van der Waals surface area contributed by atoms with E-state index in [4.69, 9.17) is 0 Å². The number of rotatable bonds is 5. The van der Waals surface area contributed by atoms with E-state index in [0.29, 0.717) is 13.0 Å². The van der Waals surface area contributed by atoms with Crippen molar-refractivity contribution in [2.24, 2.45) is 0 Å². The average Bonchev–Trinajstić information content (AvgIpc) is 2.13. The summed E-state index contributed by atoms with van der Waals surface area (Å²) in [5.41, 5.74) is 0.864. The molecule has 1 heterocycles. The normalized spacial score (nSPS) is 10.5. The standard InChI is InChI=1S/C8H12N2O3S.Na/c11-14(12,13)7-1-4-10-8-2-5-9-6-3-8;/h2-3,5-6H,1,4,7H2,(H,9,10)(H,11,12,13);/q;+1/p-1. The van der Waals surface area contributed by atoms with Crippen LogP contribution < -0.4 is 34.9 Å². The second-order valence-electron chi connectivity index (χ2n) is 2.78. The van der Waals surface area contributed by atoms with Crippen molar-refractivity contribution in [3.8, 4) is 0 Å². The third kappa shape index (κ3) is 7.75. The van der Waals surface area contributed by atoms with Gasteiger partial charge in [0, 0.05) is 30.4 Å². The zero-order valence-corrected chi connectivity index (χ0v) is 11.3. The van der Waals surface area contributed by atoms with Crippen molar-refractivity contribution < 1.29 is 42.5 Å². The van der Waals surface area contributed by atoms with Gasteiger partial charge in [0.15, 0.2) is 0 Å². The van der Waals surface area contributed by atoms with Gasteiger partial charge in [-0.1, -0.05) is 0 Å². The fourth-order valence-corrected chi connectivity index (χ4v) is 1.45. The fourth-order valence-electron chi connectivity index (χ4n) is 0.951. The third-order valence-corrected chi connectivity index (χ3v) is 2.37. The first-order valence-electron chi connectivity index (χ1n) is 4.15. The van der Waals surface area contributed by atoms with Crippen LogP contribution in [0.4, 0.5) is 5.69 Å². The van der Waals surface area contributed by atoms with E-state index >= 15 is 0 Å². The molecule has 1 aromatic rings. The molecule has 0 bridgehead atoms. The molecule has 0 aliphatic heterocycles. The number of aromatic nitrogens is 1. The number of hydrogen-bond acceptors (Lipinski definition) is 5. The molecule has 0 saturated heterocycles. The molecule has 0 unspecified atom stereocenters. The van der Waals surface area contributed by atoms with Crippen molar-refractivity contribution in [3.05, 3.63) is 24.5 Å². The van der Waals surface area contributed by atoms with Gasteiger partial charge in [-0.3, -0.25) is 4.98 Å². The number of anilines is 1. The van der Waals surface area contributed by atoms with Crippen LogP contribution in [0, 0.1) is 0 Å². The van der Waals surface area contributed by atoms with Crippen LogP contribution in [-0.2, 0) is 10.1 Å². The minimum atomic E-state index is -4.08. The van der Waals surface area contributed by atoms with E-state index in [1.54, 1.807) is 24.5 Å². The molecule has 0 amide bonds. The molecule has 78 valence electrons. The molecule has 0 fully saturated rings. The predicted octanol–water partition coefficient (Wildman–Crippen LogP) is -2.57. The summed E-state index contributed by atoms with van der Waals surface area (Å²) in [7, 11) is -4.08. The van der Waals surface area contributed by atoms with Gasteiger partial charge < -0.3 is 9.87 Å². The van der Waals surface area contributed by atoms with Crippen molar-refractivity contribution in [1.82, 2.24) is 4.98 Å². The average molecular weight is 238 g/mol. The van der Waals surface area contributed by atoms with Crippen LogP contribution in [0.1, 0.15) is 6.42 Å². The van der Waals surface area contributed by atoms with Gasteiger partial charge in [0.1, 0.15) is 0 Å². The van der Waals surface area contributed by atoms with Crippen molar-refractivity contribution in [2.45, 2.75) is 6.42 Å². The Hall–Kier alpha value is -0.140. The Morgan fingerprint density at radius 3 is 2.47 bits per heavy atom. The van der Waals surface area contributed by atoms with Crippen LogP contribution in [0.25, 0.3) is 0 Å². The van der Waals surface area contributed by atoms with Gasteiger partial charge in [-0.25, -0.2) is 8.42 Å². The van der Waals surface area contributed by atoms with Crippen LogP contribution in [0.5, 0.6) is 0 Å². The molecule has 5 nitrogen and oxygen atoms in total. The number of nitrogens with one attached hydrogen (secondary N) is 1. The Morgan fingerprint density at radius 1 is 1.33 bits per heavy atom. The number of pyridine rings is 1. The second-order valence-corrected chi connectivity index (χ2v) is 4.30. The van der Waals surface area contributed by atoms with E-state index in [1.807, 2.05) is 0 Å². The molecule has 0 aliphatic carbocycles. The molecule has 0 aromatic carbocycles. The van der Waals surface area contributed by atoms with E-state index in [1.165, 1.54) is 0 Å². The zero-order valence-electron chi connectivity index (χ0n) is 8.51. The summed E-state index contributed by atoms with van der Waals surface area (Å²) < 4.78 is 30.7. The van der Waals surface area contributed by atoms with E-state index < -0.39 is 10.1 Å². The Labute approximate surface area is 111 Å². The van der Waals surface area contributed by atoms with Crippen LogP contribution in [0.15, 0.2) is 24.5 Å². The van der Waals surface area contributed by atoms with E-state index in [9.17, 15) is 13.0 Å². The van der Waals surface area contributed by atoms with Gasteiger partial charge >= 0.3 is 29.6 Å². The summed E-state index contributed by atoms with van der Waals surface area (Å²) in [4.78, 5) is 3.83. The summed E-state index contributed by atoms with van der Waals surface area (Å²) in [6.07, 6.45) is 3.58. The molecule has 0 saturated carbocycles. The largest absolute Gasteiger partial charge is 1.00 e. The fraction of sp³-hybridized carbons (Fsp3) is 0.375. The predicted molar refractivity (Wildman–Crippen MR) is 51.9 cm³/mol. The minimum absolute atomic E-state index is 0. The van der Waals surface area contributed by atoms with E-state index in [-0.39, 0.29) is 35.3 Å². The minimum Gasteiger partial charge on any atom is -0.748 e. The molecular formula is C8H11N2NaO3S. The second kappa shape index (κ2) is 7.19. The summed E-state index contributed by atoms with van der Waals surface area (Å²) >= 11 is 0. The Morgan fingerprint density at radius 2 is 1.93 bits per heavy atom. The Balaban J connectivity index is 0.00000196. The maximum atomic E-state index is 10.2. The molecule has 0 aliphatic rings. The van der Waals surface area contributed by atoms with E-state index in [0.717, 1.165) is 5.69 Å². The molecular weight excluding hydrogens is 227 g/mol. The topological polar surface area (TPSA) is 82.1 Å². The van der Waals surface area contributed by atoms with Gasteiger partial charge in [-0.15, -0.1) is 0 Å². The van der Waals surface area contributed by atoms with Gasteiger partial charge in [-0.2, -0.15) is 0 Å². The first-order chi connectivity index (χ1) is 6.58. The summed E-state index contributed by atoms with van der Waals surface area (Å²) in [5.74, 6) is -0.328. The van der Waals surface area contributed by atoms with Crippen molar-refractivity contribution >= 4 is 15.8 Å². The Kier molecular flexibility index (Phi) is 7.12. The Bertz CT molecular complexity index is 369. The smallest absolute Gasteiger partial charge is 0.748 e. The first-order valence-corrected chi connectivity index (χ1v) is 5.73. The van der Waals surface area contributed by atoms with Gasteiger partial charge in [0.2, 0.25) is 0 Å². The summed E-state index contributed by atoms with van der Waals surface area (Å²) in [6, 6.07) is 3.54. The van der Waals surface area contributed by atoms with Crippen LogP contribution in [0.2, 0.25) is 0 Å². The zero-order chi connectivity index (χ0) is 10.4. The van der Waals surface area contributed by atoms with Crippen molar-refractivity contribution in [1.29, 1.82) is 0 Å². The summed E-state index contributed by atoms with van der Waals surface area (Å²) in [5, 5.41) is 2.97. The summed E-state index contributed by atoms with van der Waals surface area (Å²) in [6.45, 7) is 0.464. The van der Waals surface area contributed by atoms with Gasteiger partial charge in [0.05, 0.1) is 10.1 Å². The molecule has 0 atom stereocenters. The maximum absolute atomic E-state index is 10.2. The van der Waals surface area contributed by atoms with Gasteiger partial charge in [0.25, 0.3) is 0 Å². The molecule has 0 spiro atoms. The molecule has 0 radical (unpaired) electrons. The number of nitrogens with zero attached hydrogens (tertiary/aromatic N) is 1. The maximum Gasteiger partial charge on any atom is 1.00 e. The number of hydrogen-bond donors (Lipinski definition) is 1. The first kappa shape index (κ1) is 14.9. The monoisotopic (exact) mass is 238 g/mol. The van der Waals surface area contributed by atoms with Crippen LogP contribution in [0.3, 0.4) is 0 Å². The van der Waals surface area contributed by atoms with Crippen molar-refractivity contribution in [2.75, 3.05) is 17.6 Å². The third-order valence-electron chi connectivity index (χ3n) is 1.58. The quantitative estimate of drug-likeness (QED) is 0.346. The SMILES string of the molecule is O=S(=O)([O-])CCCNc1ccncc1.[Na+]. The molecule has 15 heavy (non-hydrogen) atoms. The van der Waals surface area contributed by atoms with Gasteiger partial charge in [-0.05, 0) is 18.6 Å². The van der Waals surface area contributed by atoms with Crippen molar-refractivity contribution in [3.63, 3.8) is 0 Å². The van der Waals surface area contributed by atoms with Crippen LogP contribution in [-0.4, -0.2) is 30.3 Å². The molecule has 1 rings (SSSR count). The molecule has 7 heteroatoms. The van der Waals surface area contributed by atoms with Crippen LogP contribution >= 0.6 is 0 Å².